The topological polar surface area (TPSA) is 62.9 Å². The van der Waals surface area contributed by atoms with Crippen LogP contribution in [0.5, 0.6) is 5.75 Å². The van der Waals surface area contributed by atoms with Crippen molar-refractivity contribution in [3.63, 3.8) is 0 Å². The zero-order valence-electron chi connectivity index (χ0n) is 12.9. The van der Waals surface area contributed by atoms with Crippen molar-refractivity contribution in [3.8, 4) is 5.75 Å². The number of nitrogens with two attached hydrogens (primary N) is 1. The third-order valence-corrected chi connectivity index (χ3v) is 3.71. The van der Waals surface area contributed by atoms with Crippen LogP contribution in [0, 0.1) is 0 Å². The summed E-state index contributed by atoms with van der Waals surface area (Å²) in [5.41, 5.74) is 6.82. The van der Waals surface area contributed by atoms with Crippen LogP contribution < -0.4 is 15.8 Å². The number of likely N-dealkylation sites (N-methyl/N-ethyl adjacent to an activating group) is 1. The van der Waals surface area contributed by atoms with Crippen LogP contribution in [0.25, 0.3) is 0 Å². The molecule has 1 unspecified atom stereocenters. The summed E-state index contributed by atoms with van der Waals surface area (Å²) in [5.74, 6) is 1.27. The second-order valence-corrected chi connectivity index (χ2v) is 5.33. The number of anilines is 1. The van der Waals surface area contributed by atoms with Crippen molar-refractivity contribution in [2.45, 2.75) is 31.8 Å². The Morgan fingerprint density at radius 2 is 2.05 bits per heavy atom. The lowest BCUT2D eigenvalue weighted by Gasteiger charge is -2.22. The number of benzene rings is 1. The quantitative estimate of drug-likeness (QED) is 0.435. The third kappa shape index (κ3) is 5.70. The summed E-state index contributed by atoms with van der Waals surface area (Å²) in [7, 11) is 3.81. The second kappa shape index (κ2) is 8.43. The van der Waals surface area contributed by atoms with Gasteiger partial charge in [-0.1, -0.05) is 0 Å². The number of ether oxygens (including phenoxy) is 1. The predicted octanol–water partition coefficient (Wildman–Crippen LogP) is 2.52. The van der Waals surface area contributed by atoms with Crippen LogP contribution in [-0.4, -0.2) is 43.6 Å². The largest absolute Gasteiger partial charge is 0.497 e. The van der Waals surface area contributed by atoms with E-state index in [2.05, 4.69) is 29.2 Å². The maximum Gasteiger partial charge on any atom is 0.193 e. The number of rotatable bonds is 6. The molecule has 0 aromatic heterocycles. The van der Waals surface area contributed by atoms with E-state index in [4.69, 9.17) is 10.5 Å². The Bertz CT molecular complexity index is 459. The smallest absolute Gasteiger partial charge is 0.193 e. The molecule has 1 atom stereocenters. The van der Waals surface area contributed by atoms with Crippen LogP contribution in [0.2, 0.25) is 0 Å². The molecule has 1 aliphatic rings. The fourth-order valence-corrected chi connectivity index (χ4v) is 2.06. The highest BCUT2D eigenvalue weighted by Crippen LogP contribution is 2.26. The molecule has 0 radical (unpaired) electrons. The van der Waals surface area contributed by atoms with Gasteiger partial charge >= 0.3 is 0 Å². The van der Waals surface area contributed by atoms with E-state index in [1.165, 1.54) is 12.8 Å². The average molecular weight is 404 g/mol. The van der Waals surface area contributed by atoms with Crippen LogP contribution in [0.1, 0.15) is 19.8 Å². The Kier molecular flexibility index (Phi) is 7.24. The van der Waals surface area contributed by atoms with Crippen molar-refractivity contribution >= 4 is 35.6 Å². The molecule has 0 amide bonds. The molecule has 6 heteroatoms. The Labute approximate surface area is 144 Å². The van der Waals surface area contributed by atoms with Crippen molar-refractivity contribution in [3.05, 3.63) is 24.3 Å². The number of methoxy groups -OCH3 is 1. The van der Waals surface area contributed by atoms with E-state index < -0.39 is 0 Å². The van der Waals surface area contributed by atoms with Gasteiger partial charge < -0.3 is 15.8 Å². The van der Waals surface area contributed by atoms with E-state index in [0.29, 0.717) is 18.5 Å². The molecule has 1 fully saturated rings. The molecular formula is C15H25IN4O. The van der Waals surface area contributed by atoms with Gasteiger partial charge in [-0.3, -0.25) is 9.89 Å². The van der Waals surface area contributed by atoms with Gasteiger partial charge in [-0.05, 0) is 51.1 Å². The maximum atomic E-state index is 5.91. The molecule has 118 valence electrons. The van der Waals surface area contributed by atoms with E-state index in [1.807, 2.05) is 24.3 Å². The fourth-order valence-electron chi connectivity index (χ4n) is 2.06. The van der Waals surface area contributed by atoms with Gasteiger partial charge in [-0.2, -0.15) is 0 Å². The minimum atomic E-state index is 0. The first-order chi connectivity index (χ1) is 9.60. The lowest BCUT2D eigenvalue weighted by Crippen LogP contribution is -2.34. The monoisotopic (exact) mass is 404 g/mol. The van der Waals surface area contributed by atoms with Gasteiger partial charge in [0.25, 0.3) is 0 Å². The van der Waals surface area contributed by atoms with Crippen LogP contribution in [0.3, 0.4) is 0 Å². The van der Waals surface area contributed by atoms with Crippen LogP contribution in [0.15, 0.2) is 29.3 Å². The Morgan fingerprint density at radius 3 is 2.57 bits per heavy atom. The average Bonchev–Trinajstić information content (AvgIpc) is 3.29. The number of halogens is 1. The molecule has 21 heavy (non-hydrogen) atoms. The summed E-state index contributed by atoms with van der Waals surface area (Å²) in [4.78, 5) is 6.78. The maximum absolute atomic E-state index is 5.91. The minimum Gasteiger partial charge on any atom is -0.497 e. The summed E-state index contributed by atoms with van der Waals surface area (Å²) in [5, 5.41) is 3.09. The molecule has 0 aliphatic heterocycles. The summed E-state index contributed by atoms with van der Waals surface area (Å²) in [6.45, 7) is 2.89. The third-order valence-electron chi connectivity index (χ3n) is 3.71. The van der Waals surface area contributed by atoms with Crippen LogP contribution in [-0.2, 0) is 0 Å². The highest BCUT2D eigenvalue weighted by molar-refractivity contribution is 14.0. The van der Waals surface area contributed by atoms with Gasteiger partial charge in [0.1, 0.15) is 5.75 Å². The van der Waals surface area contributed by atoms with E-state index in [0.717, 1.165) is 17.5 Å². The first-order valence-corrected chi connectivity index (χ1v) is 7.03. The Morgan fingerprint density at radius 1 is 1.43 bits per heavy atom. The molecule has 1 aromatic carbocycles. The fraction of sp³-hybridized carbons (Fsp3) is 0.533. The Balaban J connectivity index is 0.00000220. The van der Waals surface area contributed by atoms with Crippen LogP contribution >= 0.6 is 24.0 Å². The van der Waals surface area contributed by atoms with Crippen LogP contribution in [0.4, 0.5) is 5.69 Å². The lowest BCUT2D eigenvalue weighted by molar-refractivity contribution is 0.253. The molecule has 0 spiro atoms. The van der Waals surface area contributed by atoms with Crippen molar-refractivity contribution in [2.24, 2.45) is 10.7 Å². The summed E-state index contributed by atoms with van der Waals surface area (Å²) < 4.78 is 5.11. The summed E-state index contributed by atoms with van der Waals surface area (Å²) in [6.07, 6.45) is 2.62. The zero-order valence-corrected chi connectivity index (χ0v) is 15.2. The van der Waals surface area contributed by atoms with Gasteiger partial charge in [0.2, 0.25) is 0 Å². The normalized spacial score (nSPS) is 16.3. The van der Waals surface area contributed by atoms with Crippen molar-refractivity contribution < 1.29 is 4.74 Å². The van der Waals surface area contributed by atoms with Gasteiger partial charge in [-0.15, -0.1) is 24.0 Å². The second-order valence-electron chi connectivity index (χ2n) is 5.33. The van der Waals surface area contributed by atoms with Gasteiger partial charge in [0, 0.05) is 17.8 Å². The number of hydrogen-bond donors (Lipinski definition) is 2. The van der Waals surface area contributed by atoms with Gasteiger partial charge in [0.05, 0.1) is 13.7 Å². The van der Waals surface area contributed by atoms with E-state index in [-0.39, 0.29) is 24.0 Å². The molecule has 0 heterocycles. The summed E-state index contributed by atoms with van der Waals surface area (Å²) >= 11 is 0. The van der Waals surface area contributed by atoms with Crippen molar-refractivity contribution in [2.75, 3.05) is 26.0 Å². The highest BCUT2D eigenvalue weighted by atomic mass is 127. The summed E-state index contributed by atoms with van der Waals surface area (Å²) in [6, 6.07) is 8.77. The SMILES string of the molecule is COc1ccc(NC(N)=NCC(C)N(C)C2CC2)cc1.I. The predicted molar refractivity (Wildman–Crippen MR) is 98.8 cm³/mol. The molecule has 1 saturated carbocycles. The molecule has 0 saturated heterocycles. The van der Waals surface area contributed by atoms with E-state index >= 15 is 0 Å². The van der Waals surface area contributed by atoms with Gasteiger partial charge in [0.15, 0.2) is 5.96 Å². The number of nitrogens with zero attached hydrogens (tertiary/aromatic N) is 2. The molecule has 2 rings (SSSR count). The first kappa shape index (κ1) is 18.0. The molecule has 1 aromatic rings. The first-order valence-electron chi connectivity index (χ1n) is 7.03. The molecular weight excluding hydrogens is 379 g/mol. The number of hydrogen-bond acceptors (Lipinski definition) is 3. The van der Waals surface area contributed by atoms with Crippen molar-refractivity contribution in [1.29, 1.82) is 0 Å². The lowest BCUT2D eigenvalue weighted by atomic mass is 10.3. The van der Waals surface area contributed by atoms with E-state index in [9.17, 15) is 0 Å². The van der Waals surface area contributed by atoms with Crippen molar-refractivity contribution in [1.82, 2.24) is 4.90 Å². The molecule has 3 N–H and O–H groups in total. The molecule has 1 aliphatic carbocycles. The number of guanidine groups is 1. The van der Waals surface area contributed by atoms with E-state index in [1.54, 1.807) is 7.11 Å². The zero-order chi connectivity index (χ0) is 14.5. The number of nitrogens with one attached hydrogen (secondary N) is 1. The Hall–Kier alpha value is -1.02. The highest BCUT2D eigenvalue weighted by Gasteiger charge is 2.28. The molecule has 5 nitrogen and oxygen atoms in total. The molecule has 0 bridgehead atoms. The standard InChI is InChI=1S/C15H24N4O.HI/c1-11(19(2)13-6-7-13)10-17-15(16)18-12-4-8-14(20-3)9-5-12;/h4-5,8-9,11,13H,6-7,10H2,1-3H3,(H3,16,17,18);1H. The minimum absolute atomic E-state index is 0. The van der Waals surface area contributed by atoms with Gasteiger partial charge in [-0.25, -0.2) is 0 Å². The number of aliphatic imine (C=N–C) groups is 1.